The van der Waals surface area contributed by atoms with E-state index in [1.54, 1.807) is 0 Å². The van der Waals surface area contributed by atoms with E-state index in [1.165, 1.54) is 64.7 Å². The molecule has 1 heterocycles. The van der Waals surface area contributed by atoms with Gasteiger partial charge in [0.25, 0.3) is 0 Å². The van der Waals surface area contributed by atoms with Crippen LogP contribution in [0.3, 0.4) is 0 Å². The predicted octanol–water partition coefficient (Wildman–Crippen LogP) is 3.91. The first-order valence-corrected chi connectivity index (χ1v) is 8.53. The largest absolute Gasteiger partial charge is 0.313 e. The van der Waals surface area contributed by atoms with Crippen molar-refractivity contribution in [3.63, 3.8) is 0 Å². The van der Waals surface area contributed by atoms with Crippen LogP contribution in [-0.4, -0.2) is 37.1 Å². The Morgan fingerprint density at radius 2 is 1.58 bits per heavy atom. The fraction of sp³-hybridized carbons (Fsp3) is 1.00. The SMILES string of the molecule is CC(C)CCN(CCC(C)C)C[C@H]1CCCCCN1. The van der Waals surface area contributed by atoms with Crippen LogP contribution in [0.25, 0.3) is 0 Å². The molecule has 0 aromatic carbocycles. The summed E-state index contributed by atoms with van der Waals surface area (Å²) in [6.07, 6.45) is 8.26. The summed E-state index contributed by atoms with van der Waals surface area (Å²) in [6.45, 7) is 14.4. The van der Waals surface area contributed by atoms with E-state index < -0.39 is 0 Å². The van der Waals surface area contributed by atoms with Crippen LogP contribution >= 0.6 is 0 Å². The van der Waals surface area contributed by atoms with Gasteiger partial charge < -0.3 is 10.2 Å². The Kier molecular flexibility index (Phi) is 8.72. The van der Waals surface area contributed by atoms with Crippen LogP contribution < -0.4 is 5.32 Å². The van der Waals surface area contributed by atoms with E-state index in [1.807, 2.05) is 0 Å². The van der Waals surface area contributed by atoms with Gasteiger partial charge in [-0.25, -0.2) is 0 Å². The standard InChI is InChI=1S/C17H36N2/c1-15(2)9-12-19(13-10-16(3)4)14-17-8-6-5-7-11-18-17/h15-18H,5-14H2,1-4H3/t17-/m1/s1. The second-order valence-electron chi connectivity index (χ2n) is 7.17. The lowest BCUT2D eigenvalue weighted by atomic mass is 10.1. The van der Waals surface area contributed by atoms with Gasteiger partial charge in [0.2, 0.25) is 0 Å². The van der Waals surface area contributed by atoms with Crippen molar-refractivity contribution in [2.45, 2.75) is 72.3 Å². The van der Waals surface area contributed by atoms with Crippen LogP contribution in [0.5, 0.6) is 0 Å². The number of nitrogens with one attached hydrogen (secondary N) is 1. The minimum atomic E-state index is 0.738. The van der Waals surface area contributed by atoms with Gasteiger partial charge in [0.05, 0.1) is 0 Å². The molecule has 2 nitrogen and oxygen atoms in total. The molecule has 0 radical (unpaired) electrons. The van der Waals surface area contributed by atoms with Gasteiger partial charge in [-0.1, -0.05) is 40.5 Å². The van der Waals surface area contributed by atoms with Crippen LogP contribution in [0.15, 0.2) is 0 Å². The summed E-state index contributed by atoms with van der Waals surface area (Å²) >= 11 is 0. The van der Waals surface area contributed by atoms with Crippen LogP contribution in [0.1, 0.15) is 66.2 Å². The van der Waals surface area contributed by atoms with Gasteiger partial charge in [0.1, 0.15) is 0 Å². The molecule has 1 fully saturated rings. The number of hydrogen-bond acceptors (Lipinski definition) is 2. The van der Waals surface area contributed by atoms with Gasteiger partial charge >= 0.3 is 0 Å². The summed E-state index contributed by atoms with van der Waals surface area (Å²) in [6, 6.07) is 0.738. The van der Waals surface area contributed by atoms with Crippen molar-refractivity contribution in [1.82, 2.24) is 10.2 Å². The van der Waals surface area contributed by atoms with Gasteiger partial charge in [-0.2, -0.15) is 0 Å². The van der Waals surface area contributed by atoms with Gasteiger partial charge in [-0.3, -0.25) is 0 Å². The Bertz CT molecular complexity index is 193. The molecule has 1 N–H and O–H groups in total. The van der Waals surface area contributed by atoms with Crippen LogP contribution in [0.4, 0.5) is 0 Å². The monoisotopic (exact) mass is 268 g/mol. The van der Waals surface area contributed by atoms with E-state index in [-0.39, 0.29) is 0 Å². The Hall–Kier alpha value is -0.0800. The lowest BCUT2D eigenvalue weighted by Crippen LogP contribution is -2.42. The van der Waals surface area contributed by atoms with Crippen molar-refractivity contribution in [3.8, 4) is 0 Å². The van der Waals surface area contributed by atoms with Crippen molar-refractivity contribution in [2.24, 2.45) is 11.8 Å². The highest BCUT2D eigenvalue weighted by molar-refractivity contribution is 4.75. The molecule has 0 aliphatic carbocycles. The highest BCUT2D eigenvalue weighted by Gasteiger charge is 2.16. The first-order valence-electron chi connectivity index (χ1n) is 8.53. The summed E-state index contributed by atoms with van der Waals surface area (Å²) in [7, 11) is 0. The zero-order valence-electron chi connectivity index (χ0n) is 13.8. The van der Waals surface area contributed by atoms with Gasteiger partial charge in [0, 0.05) is 12.6 Å². The molecule has 1 atom stereocenters. The second kappa shape index (κ2) is 9.77. The third-order valence-electron chi connectivity index (χ3n) is 4.19. The normalized spacial score (nSPS) is 21.3. The van der Waals surface area contributed by atoms with Crippen LogP contribution in [0, 0.1) is 11.8 Å². The van der Waals surface area contributed by atoms with E-state index in [0.717, 1.165) is 17.9 Å². The van der Waals surface area contributed by atoms with E-state index in [9.17, 15) is 0 Å². The summed E-state index contributed by atoms with van der Waals surface area (Å²) in [4.78, 5) is 2.71. The second-order valence-corrected chi connectivity index (χ2v) is 7.17. The zero-order valence-corrected chi connectivity index (χ0v) is 13.8. The van der Waals surface area contributed by atoms with Gasteiger partial charge in [0.15, 0.2) is 0 Å². The summed E-state index contributed by atoms with van der Waals surface area (Å²) in [5, 5.41) is 3.75. The van der Waals surface area contributed by atoms with Crippen molar-refractivity contribution >= 4 is 0 Å². The van der Waals surface area contributed by atoms with Crippen molar-refractivity contribution in [3.05, 3.63) is 0 Å². The molecule has 1 aliphatic heterocycles. The topological polar surface area (TPSA) is 15.3 Å². The van der Waals surface area contributed by atoms with E-state index in [2.05, 4.69) is 37.9 Å². The lowest BCUT2D eigenvalue weighted by Gasteiger charge is -2.28. The fourth-order valence-corrected chi connectivity index (χ4v) is 2.74. The molecular formula is C17H36N2. The lowest BCUT2D eigenvalue weighted by molar-refractivity contribution is 0.216. The molecule has 0 unspecified atom stereocenters. The molecule has 0 aromatic heterocycles. The molecule has 1 saturated heterocycles. The Balaban J connectivity index is 2.36. The molecular weight excluding hydrogens is 232 g/mol. The van der Waals surface area contributed by atoms with Crippen molar-refractivity contribution < 1.29 is 0 Å². The van der Waals surface area contributed by atoms with Crippen molar-refractivity contribution in [2.75, 3.05) is 26.2 Å². The summed E-state index contributed by atoms with van der Waals surface area (Å²) < 4.78 is 0. The fourth-order valence-electron chi connectivity index (χ4n) is 2.74. The van der Waals surface area contributed by atoms with Crippen molar-refractivity contribution in [1.29, 1.82) is 0 Å². The summed E-state index contributed by atoms with van der Waals surface area (Å²) in [5.74, 6) is 1.65. The van der Waals surface area contributed by atoms with Gasteiger partial charge in [-0.15, -0.1) is 0 Å². The molecule has 0 spiro atoms. The third kappa shape index (κ3) is 8.65. The number of hydrogen-bond donors (Lipinski definition) is 1. The van der Waals surface area contributed by atoms with E-state index >= 15 is 0 Å². The molecule has 0 amide bonds. The maximum atomic E-state index is 3.75. The molecule has 0 saturated carbocycles. The maximum Gasteiger partial charge on any atom is 0.0195 e. The molecule has 19 heavy (non-hydrogen) atoms. The number of nitrogens with zero attached hydrogens (tertiary/aromatic N) is 1. The molecule has 2 heteroatoms. The maximum absolute atomic E-state index is 3.75. The average molecular weight is 268 g/mol. The molecule has 1 rings (SSSR count). The Morgan fingerprint density at radius 3 is 2.16 bits per heavy atom. The highest BCUT2D eigenvalue weighted by Crippen LogP contribution is 2.12. The Morgan fingerprint density at radius 1 is 0.947 bits per heavy atom. The third-order valence-corrected chi connectivity index (χ3v) is 4.19. The predicted molar refractivity (Wildman–Crippen MR) is 85.6 cm³/mol. The number of rotatable bonds is 8. The van der Waals surface area contributed by atoms with Gasteiger partial charge in [-0.05, 0) is 57.2 Å². The van der Waals surface area contributed by atoms with E-state index in [0.29, 0.717) is 0 Å². The quantitative estimate of drug-likeness (QED) is 0.718. The molecule has 0 bridgehead atoms. The first-order chi connectivity index (χ1) is 9.08. The van der Waals surface area contributed by atoms with Crippen LogP contribution in [0.2, 0.25) is 0 Å². The molecule has 114 valence electrons. The van der Waals surface area contributed by atoms with E-state index in [4.69, 9.17) is 0 Å². The zero-order chi connectivity index (χ0) is 14.1. The smallest absolute Gasteiger partial charge is 0.0195 e. The first kappa shape index (κ1) is 17.0. The molecule has 1 aliphatic rings. The summed E-state index contributed by atoms with van der Waals surface area (Å²) in [5.41, 5.74) is 0. The minimum absolute atomic E-state index is 0.738. The van der Waals surface area contributed by atoms with Crippen LogP contribution in [-0.2, 0) is 0 Å². The molecule has 0 aromatic rings. The minimum Gasteiger partial charge on any atom is -0.313 e. The Labute approximate surface area is 121 Å². The highest BCUT2D eigenvalue weighted by atomic mass is 15.1. The average Bonchev–Trinajstić information content (AvgIpc) is 2.60.